The smallest absolute Gasteiger partial charge is 0.269 e. The number of aromatic nitrogens is 1. The molecule has 1 atom stereocenters. The number of amides is 1. The standard InChI is InChI=1S/C14H13N3O4S/c1-9(14(19)16-13-12(18)3-2-8-15-13)22-11-6-4-10(5-7-11)17(20)21/h2-9,18H,1H3,(H,15,16,19). The van der Waals surface area contributed by atoms with Crippen molar-refractivity contribution < 1.29 is 14.8 Å². The molecular weight excluding hydrogens is 306 g/mol. The fraction of sp³-hybridized carbons (Fsp3) is 0.143. The number of nitro benzene ring substituents is 1. The number of nitrogens with zero attached hydrogens (tertiary/aromatic N) is 2. The minimum Gasteiger partial charge on any atom is -0.504 e. The molecule has 0 fully saturated rings. The number of nitrogens with one attached hydrogen (secondary N) is 1. The summed E-state index contributed by atoms with van der Waals surface area (Å²) in [6, 6.07) is 8.93. The zero-order chi connectivity index (χ0) is 16.1. The Kier molecular flexibility index (Phi) is 4.95. The van der Waals surface area contributed by atoms with Crippen molar-refractivity contribution >= 4 is 29.2 Å². The summed E-state index contributed by atoms with van der Waals surface area (Å²) in [6.45, 7) is 1.70. The van der Waals surface area contributed by atoms with E-state index in [1.165, 1.54) is 36.2 Å². The average molecular weight is 319 g/mol. The highest BCUT2D eigenvalue weighted by Gasteiger charge is 2.17. The van der Waals surface area contributed by atoms with Crippen molar-refractivity contribution in [2.24, 2.45) is 0 Å². The molecule has 0 aliphatic heterocycles. The first kappa shape index (κ1) is 15.8. The van der Waals surface area contributed by atoms with Crippen LogP contribution in [-0.4, -0.2) is 26.2 Å². The number of carbonyl (C=O) groups is 1. The molecule has 0 saturated heterocycles. The number of hydrogen-bond acceptors (Lipinski definition) is 6. The van der Waals surface area contributed by atoms with Crippen molar-refractivity contribution in [3.8, 4) is 5.75 Å². The normalized spacial score (nSPS) is 11.7. The number of pyridine rings is 1. The second-order valence-electron chi connectivity index (χ2n) is 4.37. The maximum Gasteiger partial charge on any atom is 0.269 e. The van der Waals surface area contributed by atoms with E-state index in [1.54, 1.807) is 25.1 Å². The number of benzene rings is 1. The zero-order valence-electron chi connectivity index (χ0n) is 11.6. The van der Waals surface area contributed by atoms with Crippen LogP contribution in [0.1, 0.15) is 6.92 Å². The number of aromatic hydroxyl groups is 1. The van der Waals surface area contributed by atoms with Gasteiger partial charge in [0.15, 0.2) is 11.6 Å². The van der Waals surface area contributed by atoms with E-state index in [0.717, 1.165) is 4.90 Å². The lowest BCUT2D eigenvalue weighted by atomic mass is 10.3. The van der Waals surface area contributed by atoms with Gasteiger partial charge in [0.2, 0.25) is 5.91 Å². The quantitative estimate of drug-likeness (QED) is 0.499. The molecule has 1 unspecified atom stereocenters. The molecule has 22 heavy (non-hydrogen) atoms. The lowest BCUT2D eigenvalue weighted by Gasteiger charge is -2.12. The van der Waals surface area contributed by atoms with Crippen LogP contribution in [0.25, 0.3) is 0 Å². The number of rotatable bonds is 5. The van der Waals surface area contributed by atoms with Crippen molar-refractivity contribution in [2.75, 3.05) is 5.32 Å². The Balaban J connectivity index is 1.99. The number of carbonyl (C=O) groups excluding carboxylic acids is 1. The van der Waals surface area contributed by atoms with Gasteiger partial charge < -0.3 is 10.4 Å². The molecule has 0 radical (unpaired) electrons. The summed E-state index contributed by atoms with van der Waals surface area (Å²) in [6.07, 6.45) is 1.46. The molecule has 0 aliphatic rings. The first-order valence-corrected chi connectivity index (χ1v) is 7.21. The van der Waals surface area contributed by atoms with Crippen molar-refractivity contribution in [3.63, 3.8) is 0 Å². The van der Waals surface area contributed by atoms with Crippen LogP contribution in [0, 0.1) is 10.1 Å². The van der Waals surface area contributed by atoms with Gasteiger partial charge in [-0.25, -0.2) is 4.98 Å². The van der Waals surface area contributed by atoms with Crippen LogP contribution in [-0.2, 0) is 4.79 Å². The third kappa shape index (κ3) is 3.95. The first-order valence-electron chi connectivity index (χ1n) is 6.33. The van der Waals surface area contributed by atoms with Gasteiger partial charge in [-0.05, 0) is 31.2 Å². The van der Waals surface area contributed by atoms with Crippen LogP contribution in [0.3, 0.4) is 0 Å². The molecule has 8 heteroatoms. The van der Waals surface area contributed by atoms with Gasteiger partial charge in [0.1, 0.15) is 0 Å². The Hall–Kier alpha value is -2.61. The summed E-state index contributed by atoms with van der Waals surface area (Å²) in [5.41, 5.74) is -0.000127. The first-order chi connectivity index (χ1) is 10.5. The van der Waals surface area contributed by atoms with Gasteiger partial charge in [0, 0.05) is 23.2 Å². The number of thioether (sulfide) groups is 1. The van der Waals surface area contributed by atoms with Crippen molar-refractivity contribution in [2.45, 2.75) is 17.1 Å². The van der Waals surface area contributed by atoms with Gasteiger partial charge in [-0.3, -0.25) is 14.9 Å². The van der Waals surface area contributed by atoms with E-state index in [4.69, 9.17) is 0 Å². The molecule has 2 aromatic rings. The topological polar surface area (TPSA) is 105 Å². The third-order valence-corrected chi connectivity index (χ3v) is 3.87. The van der Waals surface area contributed by atoms with E-state index in [9.17, 15) is 20.0 Å². The number of anilines is 1. The van der Waals surface area contributed by atoms with Crippen molar-refractivity contribution in [1.29, 1.82) is 0 Å². The van der Waals surface area contributed by atoms with Crippen molar-refractivity contribution in [3.05, 3.63) is 52.7 Å². The van der Waals surface area contributed by atoms with Crippen LogP contribution in [0.4, 0.5) is 11.5 Å². The fourth-order valence-electron chi connectivity index (χ4n) is 1.62. The molecule has 1 amide bonds. The van der Waals surface area contributed by atoms with E-state index in [1.807, 2.05) is 0 Å². The van der Waals surface area contributed by atoms with E-state index in [0.29, 0.717) is 0 Å². The van der Waals surface area contributed by atoms with Gasteiger partial charge in [-0.1, -0.05) is 0 Å². The summed E-state index contributed by atoms with van der Waals surface area (Å²) in [7, 11) is 0. The zero-order valence-corrected chi connectivity index (χ0v) is 12.4. The summed E-state index contributed by atoms with van der Waals surface area (Å²) in [5, 5.41) is 22.2. The second-order valence-corrected chi connectivity index (χ2v) is 5.79. The predicted molar refractivity (Wildman–Crippen MR) is 82.9 cm³/mol. The Morgan fingerprint density at radius 3 is 2.64 bits per heavy atom. The molecule has 114 valence electrons. The minimum atomic E-state index is -0.478. The highest BCUT2D eigenvalue weighted by Crippen LogP contribution is 2.27. The molecular formula is C14H13N3O4S. The van der Waals surface area contributed by atoms with Gasteiger partial charge in [-0.2, -0.15) is 0 Å². The summed E-state index contributed by atoms with van der Waals surface area (Å²) in [4.78, 5) is 26.8. The Morgan fingerprint density at radius 2 is 2.05 bits per heavy atom. The maximum atomic E-state index is 12.1. The maximum absolute atomic E-state index is 12.1. The lowest BCUT2D eigenvalue weighted by molar-refractivity contribution is -0.384. The highest BCUT2D eigenvalue weighted by molar-refractivity contribution is 8.00. The van der Waals surface area contributed by atoms with Gasteiger partial charge in [0.25, 0.3) is 5.69 Å². The summed E-state index contributed by atoms with van der Waals surface area (Å²) in [5.74, 6) is -0.329. The molecule has 1 heterocycles. The van der Waals surface area contributed by atoms with Gasteiger partial charge in [-0.15, -0.1) is 11.8 Å². The Labute approximate surface area is 130 Å². The minimum absolute atomic E-state index is 0.000127. The Bertz CT molecular complexity index is 691. The molecule has 0 aliphatic carbocycles. The molecule has 2 N–H and O–H groups in total. The highest BCUT2D eigenvalue weighted by atomic mass is 32.2. The third-order valence-electron chi connectivity index (χ3n) is 2.76. The fourth-order valence-corrected chi connectivity index (χ4v) is 2.48. The van der Waals surface area contributed by atoms with Crippen LogP contribution in [0.15, 0.2) is 47.5 Å². The average Bonchev–Trinajstić information content (AvgIpc) is 2.50. The SMILES string of the molecule is CC(Sc1ccc([N+](=O)[O-])cc1)C(=O)Nc1ncccc1O. The van der Waals surface area contributed by atoms with E-state index in [2.05, 4.69) is 10.3 Å². The second kappa shape index (κ2) is 6.90. The van der Waals surface area contributed by atoms with Crippen LogP contribution >= 0.6 is 11.8 Å². The lowest BCUT2D eigenvalue weighted by Crippen LogP contribution is -2.22. The molecule has 1 aromatic carbocycles. The van der Waals surface area contributed by atoms with E-state index < -0.39 is 10.2 Å². The van der Waals surface area contributed by atoms with Gasteiger partial charge >= 0.3 is 0 Å². The molecule has 2 rings (SSSR count). The van der Waals surface area contributed by atoms with E-state index in [-0.39, 0.29) is 23.2 Å². The predicted octanol–water partition coefficient (Wildman–Crippen LogP) is 2.81. The van der Waals surface area contributed by atoms with Crippen molar-refractivity contribution in [1.82, 2.24) is 4.98 Å². The number of nitro groups is 1. The molecule has 0 bridgehead atoms. The van der Waals surface area contributed by atoms with Crippen LogP contribution in [0.5, 0.6) is 5.75 Å². The largest absolute Gasteiger partial charge is 0.504 e. The summed E-state index contributed by atoms with van der Waals surface area (Å²) >= 11 is 1.25. The molecule has 0 spiro atoms. The monoisotopic (exact) mass is 319 g/mol. The van der Waals surface area contributed by atoms with Crippen LogP contribution in [0.2, 0.25) is 0 Å². The van der Waals surface area contributed by atoms with E-state index >= 15 is 0 Å². The summed E-state index contributed by atoms with van der Waals surface area (Å²) < 4.78 is 0. The number of non-ortho nitro benzene ring substituents is 1. The van der Waals surface area contributed by atoms with Gasteiger partial charge in [0.05, 0.1) is 10.2 Å². The molecule has 7 nitrogen and oxygen atoms in total. The Morgan fingerprint density at radius 1 is 1.36 bits per heavy atom. The molecule has 0 saturated carbocycles. The molecule has 1 aromatic heterocycles. The number of hydrogen-bond donors (Lipinski definition) is 2. The van der Waals surface area contributed by atoms with Crippen LogP contribution < -0.4 is 5.32 Å².